The van der Waals surface area contributed by atoms with Crippen molar-refractivity contribution in [3.05, 3.63) is 33.8 Å². The van der Waals surface area contributed by atoms with Crippen LogP contribution in [0.25, 0.3) is 0 Å². The molecule has 1 amide bonds. The minimum atomic E-state index is -0.242. The molecule has 2 aromatic rings. The Morgan fingerprint density at radius 1 is 1.23 bits per heavy atom. The van der Waals surface area contributed by atoms with Crippen LogP contribution in [-0.2, 0) is 0 Å². The van der Waals surface area contributed by atoms with Crippen LogP contribution in [0, 0.1) is 6.92 Å². The third kappa shape index (κ3) is 2.97. The van der Waals surface area contributed by atoms with Crippen molar-refractivity contribution in [2.75, 3.05) is 18.4 Å². The molecule has 3 heterocycles. The summed E-state index contributed by atoms with van der Waals surface area (Å²) in [7, 11) is 0. The van der Waals surface area contributed by atoms with Crippen LogP contribution in [0.5, 0.6) is 0 Å². The summed E-state index contributed by atoms with van der Waals surface area (Å²) < 4.78 is 0. The van der Waals surface area contributed by atoms with Gasteiger partial charge in [-0.05, 0) is 13.0 Å². The van der Waals surface area contributed by atoms with E-state index in [1.165, 1.54) is 11.8 Å². The number of carbonyl (C=O) groups is 1. The molecule has 0 spiro atoms. The maximum atomic E-state index is 12.0. The average molecular weight is 356 g/mol. The molecule has 3 rings (SSSR count). The number of fused-ring (bicyclic) bond motifs is 1. The lowest BCUT2D eigenvalue weighted by molar-refractivity contribution is 0.0952. The van der Waals surface area contributed by atoms with Crippen molar-refractivity contribution in [2.45, 2.75) is 16.8 Å². The molecule has 0 bridgehead atoms. The van der Waals surface area contributed by atoms with Crippen molar-refractivity contribution in [3.8, 4) is 0 Å². The maximum Gasteiger partial charge on any atom is 0.273 e. The van der Waals surface area contributed by atoms with E-state index in [1.807, 2.05) is 6.92 Å². The maximum absolute atomic E-state index is 12.0. The molecule has 2 aromatic heterocycles. The van der Waals surface area contributed by atoms with Crippen LogP contribution in [0.15, 0.2) is 22.2 Å². The van der Waals surface area contributed by atoms with E-state index in [0.717, 1.165) is 0 Å². The molecule has 1 aliphatic rings. The van der Waals surface area contributed by atoms with Crippen LogP contribution >= 0.6 is 35.0 Å². The van der Waals surface area contributed by atoms with Gasteiger partial charge in [-0.2, -0.15) is 0 Å². The van der Waals surface area contributed by atoms with Gasteiger partial charge in [0.1, 0.15) is 10.2 Å². The minimum absolute atomic E-state index is 0.228. The molecule has 0 saturated heterocycles. The number of carbonyl (C=O) groups excluding carboxylic acids is 1. The molecule has 0 aliphatic carbocycles. The van der Waals surface area contributed by atoms with Gasteiger partial charge < -0.3 is 10.6 Å². The first-order chi connectivity index (χ1) is 10.6. The van der Waals surface area contributed by atoms with Gasteiger partial charge in [-0.15, -0.1) is 0 Å². The van der Waals surface area contributed by atoms with E-state index in [2.05, 4.69) is 25.6 Å². The molecule has 6 nitrogen and oxygen atoms in total. The van der Waals surface area contributed by atoms with Crippen LogP contribution in [0.1, 0.15) is 16.2 Å². The summed E-state index contributed by atoms with van der Waals surface area (Å²) in [4.78, 5) is 25.5. The Bertz CT molecular complexity index is 755. The van der Waals surface area contributed by atoms with Crippen molar-refractivity contribution in [1.82, 2.24) is 20.3 Å². The zero-order chi connectivity index (χ0) is 15.7. The first-order valence-electron chi connectivity index (χ1n) is 6.45. The normalized spacial score (nSPS) is 13.9. The second kappa shape index (κ2) is 6.28. The molecular weight excluding hydrogens is 345 g/mol. The quantitative estimate of drug-likeness (QED) is 0.806. The summed E-state index contributed by atoms with van der Waals surface area (Å²) in [5.74, 6) is 0.254. The predicted molar refractivity (Wildman–Crippen MR) is 86.0 cm³/mol. The fourth-order valence-electron chi connectivity index (χ4n) is 1.91. The molecule has 2 N–H and O–H groups in total. The van der Waals surface area contributed by atoms with Crippen LogP contribution in [0.3, 0.4) is 0 Å². The molecule has 1 aliphatic heterocycles. The van der Waals surface area contributed by atoms with Crippen LogP contribution in [-0.4, -0.2) is 33.9 Å². The highest BCUT2D eigenvalue weighted by atomic mass is 35.5. The Balaban J connectivity index is 2.01. The Morgan fingerprint density at radius 2 is 2.00 bits per heavy atom. The monoisotopic (exact) mass is 355 g/mol. The van der Waals surface area contributed by atoms with E-state index in [-0.39, 0.29) is 16.8 Å². The van der Waals surface area contributed by atoms with Crippen molar-refractivity contribution >= 4 is 46.7 Å². The highest BCUT2D eigenvalue weighted by molar-refractivity contribution is 7.99. The summed E-state index contributed by atoms with van der Waals surface area (Å²) in [5, 5.41) is 7.03. The number of nitrogens with one attached hydrogen (secondary N) is 2. The fraction of sp³-hybridized carbons (Fsp3) is 0.231. The fourth-order valence-corrected chi connectivity index (χ4v) is 3.20. The van der Waals surface area contributed by atoms with E-state index in [9.17, 15) is 4.79 Å². The minimum Gasteiger partial charge on any atom is -0.366 e. The number of pyridine rings is 1. The number of nitrogens with zero attached hydrogens (tertiary/aromatic N) is 3. The number of aryl methyl sites for hydroxylation is 1. The molecule has 0 aromatic carbocycles. The first-order valence-corrected chi connectivity index (χ1v) is 8.02. The summed E-state index contributed by atoms with van der Waals surface area (Å²) >= 11 is 13.4. The molecule has 0 unspecified atom stereocenters. The smallest absolute Gasteiger partial charge is 0.273 e. The Hall–Kier alpha value is -1.57. The Kier molecular flexibility index (Phi) is 4.37. The Labute approximate surface area is 141 Å². The van der Waals surface area contributed by atoms with Gasteiger partial charge in [-0.25, -0.2) is 15.0 Å². The average Bonchev–Trinajstić information content (AvgIpc) is 2.66. The van der Waals surface area contributed by atoms with Crippen LogP contribution in [0.4, 0.5) is 5.82 Å². The van der Waals surface area contributed by atoms with Gasteiger partial charge in [0.2, 0.25) is 0 Å². The van der Waals surface area contributed by atoms with Crippen molar-refractivity contribution < 1.29 is 4.79 Å². The lowest BCUT2D eigenvalue weighted by Crippen LogP contribution is -2.25. The van der Waals surface area contributed by atoms with Gasteiger partial charge in [-0.1, -0.05) is 35.0 Å². The van der Waals surface area contributed by atoms with E-state index < -0.39 is 0 Å². The van der Waals surface area contributed by atoms with Gasteiger partial charge in [0.25, 0.3) is 5.91 Å². The van der Waals surface area contributed by atoms with Gasteiger partial charge in [0.15, 0.2) is 11.5 Å². The Morgan fingerprint density at radius 3 is 2.82 bits per heavy atom. The van der Waals surface area contributed by atoms with E-state index in [4.69, 9.17) is 23.2 Å². The van der Waals surface area contributed by atoms with Crippen LogP contribution < -0.4 is 10.6 Å². The summed E-state index contributed by atoms with van der Waals surface area (Å²) in [6, 6.07) is 1.74. The second-order valence-electron chi connectivity index (χ2n) is 4.51. The number of aromatic nitrogens is 3. The number of hydrogen-bond donors (Lipinski definition) is 2. The number of hydrogen-bond acceptors (Lipinski definition) is 6. The molecule has 22 heavy (non-hydrogen) atoms. The highest BCUT2D eigenvalue weighted by Gasteiger charge is 2.21. The standard InChI is InChI=1S/C13H11Cl2N5OS/c1-6-13(22-7-2-3-16-10(15)8(7)14)20-9-11(19-6)17-4-5-18-12(9)21/h2-3H,4-5H2,1H3,(H,17,19)(H,18,21). The summed E-state index contributed by atoms with van der Waals surface area (Å²) in [6.07, 6.45) is 1.57. The second-order valence-corrected chi connectivity index (χ2v) is 6.28. The molecule has 0 atom stereocenters. The number of amides is 1. The van der Waals surface area contributed by atoms with Gasteiger partial charge >= 0.3 is 0 Å². The molecule has 114 valence electrons. The molecule has 0 fully saturated rings. The zero-order valence-electron chi connectivity index (χ0n) is 11.5. The van der Waals surface area contributed by atoms with Crippen molar-refractivity contribution in [1.29, 1.82) is 0 Å². The topological polar surface area (TPSA) is 79.8 Å². The third-order valence-electron chi connectivity index (χ3n) is 2.96. The van der Waals surface area contributed by atoms with Gasteiger partial charge in [0.05, 0.1) is 10.7 Å². The number of anilines is 1. The number of halogens is 2. The lowest BCUT2D eigenvalue weighted by atomic mass is 10.3. The largest absolute Gasteiger partial charge is 0.366 e. The highest BCUT2D eigenvalue weighted by Crippen LogP contribution is 2.36. The van der Waals surface area contributed by atoms with Crippen molar-refractivity contribution in [3.63, 3.8) is 0 Å². The first kappa shape index (κ1) is 15.3. The summed E-state index contributed by atoms with van der Waals surface area (Å²) in [6.45, 7) is 2.98. The van der Waals surface area contributed by atoms with Crippen LogP contribution in [0.2, 0.25) is 10.2 Å². The number of rotatable bonds is 2. The summed E-state index contributed by atoms with van der Waals surface area (Å²) in [5.41, 5.74) is 0.983. The molecule has 0 saturated carbocycles. The third-order valence-corrected chi connectivity index (χ3v) is 4.98. The van der Waals surface area contributed by atoms with Crippen molar-refractivity contribution in [2.24, 2.45) is 0 Å². The zero-order valence-corrected chi connectivity index (χ0v) is 13.8. The van der Waals surface area contributed by atoms with Gasteiger partial charge in [0, 0.05) is 24.2 Å². The molecule has 0 radical (unpaired) electrons. The molecule has 9 heteroatoms. The lowest BCUT2D eigenvalue weighted by Gasteiger charge is -2.10. The van der Waals surface area contributed by atoms with Gasteiger partial charge in [-0.3, -0.25) is 4.79 Å². The van der Waals surface area contributed by atoms with E-state index in [1.54, 1.807) is 12.3 Å². The molecular formula is C13H11Cl2N5OS. The van der Waals surface area contributed by atoms with E-state index >= 15 is 0 Å². The van der Waals surface area contributed by atoms with E-state index in [0.29, 0.717) is 39.5 Å². The predicted octanol–water partition coefficient (Wildman–Crippen LogP) is 2.79. The SMILES string of the molecule is Cc1nc2c(nc1Sc1ccnc(Cl)c1Cl)C(=O)NCCN2.